The molecule has 3 N–H and O–H groups in total. The van der Waals surface area contributed by atoms with Gasteiger partial charge in [0.2, 0.25) is 5.91 Å². The van der Waals surface area contributed by atoms with Crippen LogP contribution in [-0.4, -0.2) is 63.6 Å². The standard InChI is InChI=1S/C20H24F6N8O2/c1-11(30-14-5-29-31-18(35)17(14)20(24,25)26)9-36-10-12-4-13-8-33(2-3-34(13)32-12)16-7-27-15(6-28-16)19(21,22)23/h4,6-7,11,14,17,29-30H,2-3,5,8-10H2,1H3,(H,31,35)/t11-,14?,17?/m0/s1. The number of anilines is 1. The van der Waals surface area contributed by atoms with Gasteiger partial charge in [-0.25, -0.2) is 15.4 Å². The Balaban J connectivity index is 1.28. The topological polar surface area (TPSA) is 109 Å². The second-order valence-corrected chi connectivity index (χ2v) is 8.61. The number of halogens is 6. The van der Waals surface area contributed by atoms with E-state index in [1.807, 2.05) is 5.43 Å². The van der Waals surface area contributed by atoms with Gasteiger partial charge in [-0.1, -0.05) is 0 Å². The third-order valence-corrected chi connectivity index (χ3v) is 5.79. The first-order chi connectivity index (χ1) is 16.9. The maximum absolute atomic E-state index is 13.3. The zero-order valence-electron chi connectivity index (χ0n) is 19.0. The van der Waals surface area contributed by atoms with Crippen LogP contribution in [0.15, 0.2) is 18.5 Å². The van der Waals surface area contributed by atoms with E-state index >= 15 is 0 Å². The molecule has 1 fully saturated rings. The van der Waals surface area contributed by atoms with E-state index in [0.717, 1.165) is 11.9 Å². The lowest BCUT2D eigenvalue weighted by molar-refractivity contribution is -0.193. The average Bonchev–Trinajstić information content (AvgIpc) is 3.19. The molecule has 2 aliphatic heterocycles. The highest BCUT2D eigenvalue weighted by molar-refractivity contribution is 5.80. The molecule has 0 radical (unpaired) electrons. The number of rotatable bonds is 7. The fraction of sp³-hybridized carbons (Fsp3) is 0.600. The van der Waals surface area contributed by atoms with Gasteiger partial charge in [0.1, 0.15) is 5.82 Å². The first-order valence-electron chi connectivity index (χ1n) is 11.0. The molecule has 4 rings (SSSR count). The molecule has 198 valence electrons. The summed E-state index contributed by atoms with van der Waals surface area (Å²) in [6.07, 6.45) is -7.46. The average molecular weight is 522 g/mol. The molecule has 0 spiro atoms. The molecule has 10 nitrogen and oxygen atoms in total. The molecule has 1 amide bonds. The lowest BCUT2D eigenvalue weighted by Crippen LogP contribution is -2.64. The lowest BCUT2D eigenvalue weighted by atomic mass is 9.96. The van der Waals surface area contributed by atoms with Crippen molar-refractivity contribution in [2.45, 2.75) is 51.1 Å². The zero-order chi connectivity index (χ0) is 26.1. The number of carbonyl (C=O) groups is 1. The Labute approximate surface area is 201 Å². The highest BCUT2D eigenvalue weighted by Gasteiger charge is 2.51. The van der Waals surface area contributed by atoms with E-state index in [1.165, 1.54) is 0 Å². The van der Waals surface area contributed by atoms with Crippen LogP contribution in [0, 0.1) is 5.92 Å². The highest BCUT2D eigenvalue weighted by Crippen LogP contribution is 2.30. The Morgan fingerprint density at radius 3 is 2.64 bits per heavy atom. The molecule has 16 heteroatoms. The van der Waals surface area contributed by atoms with Gasteiger partial charge >= 0.3 is 12.4 Å². The molecule has 1 saturated heterocycles. The van der Waals surface area contributed by atoms with Crippen molar-refractivity contribution in [3.63, 3.8) is 0 Å². The largest absolute Gasteiger partial charge is 0.434 e. The summed E-state index contributed by atoms with van der Waals surface area (Å²) in [5, 5.41) is 7.23. The van der Waals surface area contributed by atoms with Gasteiger partial charge < -0.3 is 15.0 Å². The number of hydrazine groups is 1. The van der Waals surface area contributed by atoms with Crippen molar-refractivity contribution in [2.24, 2.45) is 5.92 Å². The van der Waals surface area contributed by atoms with Gasteiger partial charge in [-0.3, -0.25) is 14.9 Å². The summed E-state index contributed by atoms with van der Waals surface area (Å²) >= 11 is 0. The molecule has 2 aromatic rings. The molecule has 0 bridgehead atoms. The molecule has 0 saturated carbocycles. The van der Waals surface area contributed by atoms with Gasteiger partial charge in [-0.15, -0.1) is 0 Å². The predicted molar refractivity (Wildman–Crippen MR) is 112 cm³/mol. The summed E-state index contributed by atoms with van der Waals surface area (Å²) in [5.41, 5.74) is 4.80. The Bertz CT molecular complexity index is 1060. The van der Waals surface area contributed by atoms with Crippen molar-refractivity contribution < 1.29 is 35.9 Å². The summed E-state index contributed by atoms with van der Waals surface area (Å²) in [6.45, 7) is 3.07. The minimum absolute atomic E-state index is 0.0815. The van der Waals surface area contributed by atoms with Crippen LogP contribution in [0.2, 0.25) is 0 Å². The molecule has 2 aliphatic rings. The number of amides is 1. The summed E-state index contributed by atoms with van der Waals surface area (Å²) < 4.78 is 85.2. The number of nitrogens with zero attached hydrogens (tertiary/aromatic N) is 5. The third-order valence-electron chi connectivity index (χ3n) is 5.79. The first kappa shape index (κ1) is 26.1. The Morgan fingerprint density at radius 2 is 1.97 bits per heavy atom. The Kier molecular flexibility index (Phi) is 7.38. The van der Waals surface area contributed by atoms with E-state index < -0.39 is 42.0 Å². The fourth-order valence-corrected chi connectivity index (χ4v) is 4.14. The first-order valence-corrected chi connectivity index (χ1v) is 11.0. The minimum atomic E-state index is -4.68. The van der Waals surface area contributed by atoms with Crippen molar-refractivity contribution in [1.29, 1.82) is 0 Å². The number of carbonyl (C=O) groups excluding carboxylic acids is 1. The van der Waals surface area contributed by atoms with E-state index in [9.17, 15) is 31.1 Å². The van der Waals surface area contributed by atoms with Crippen LogP contribution in [0.1, 0.15) is 24.0 Å². The van der Waals surface area contributed by atoms with E-state index in [0.29, 0.717) is 37.3 Å². The maximum Gasteiger partial charge on any atom is 0.434 e. The number of hydrogen-bond donors (Lipinski definition) is 3. The van der Waals surface area contributed by atoms with Crippen LogP contribution in [0.4, 0.5) is 32.2 Å². The SMILES string of the molecule is C[C@@H](COCc1cc2n(n1)CCN(c1cnc(C(F)(F)F)cn1)C2)NC1CNNC(=O)C1C(F)(F)F. The molecular formula is C20H24F6N8O2. The molecular weight excluding hydrogens is 498 g/mol. The van der Waals surface area contributed by atoms with E-state index in [2.05, 4.69) is 25.8 Å². The second-order valence-electron chi connectivity index (χ2n) is 8.61. The Morgan fingerprint density at radius 1 is 1.19 bits per heavy atom. The van der Waals surface area contributed by atoms with Crippen LogP contribution >= 0.6 is 0 Å². The molecule has 0 aromatic carbocycles. The summed E-state index contributed by atoms with van der Waals surface area (Å²) in [6, 6.07) is 0.173. The fourth-order valence-electron chi connectivity index (χ4n) is 4.14. The molecule has 4 heterocycles. The number of ether oxygens (including phenoxy) is 1. The van der Waals surface area contributed by atoms with E-state index in [1.54, 1.807) is 22.6 Å². The summed E-state index contributed by atoms with van der Waals surface area (Å²) in [5.74, 6) is -2.99. The van der Waals surface area contributed by atoms with E-state index in [4.69, 9.17) is 4.74 Å². The molecule has 2 aromatic heterocycles. The van der Waals surface area contributed by atoms with Gasteiger partial charge in [0, 0.05) is 25.2 Å². The molecule has 0 aliphatic carbocycles. The zero-order valence-corrected chi connectivity index (χ0v) is 19.0. The summed E-state index contributed by atoms with van der Waals surface area (Å²) in [4.78, 5) is 20.8. The number of aromatic nitrogens is 4. The van der Waals surface area contributed by atoms with Crippen molar-refractivity contribution in [1.82, 2.24) is 35.9 Å². The second kappa shape index (κ2) is 10.2. The number of fused-ring (bicyclic) bond motifs is 1. The monoisotopic (exact) mass is 522 g/mol. The minimum Gasteiger partial charge on any atom is -0.373 e. The van der Waals surface area contributed by atoms with Gasteiger partial charge in [0.25, 0.3) is 0 Å². The maximum atomic E-state index is 13.3. The number of hydrogen-bond acceptors (Lipinski definition) is 8. The molecule has 2 unspecified atom stereocenters. The molecule has 36 heavy (non-hydrogen) atoms. The van der Waals surface area contributed by atoms with Crippen LogP contribution in [0.25, 0.3) is 0 Å². The van der Waals surface area contributed by atoms with Crippen molar-refractivity contribution >= 4 is 11.7 Å². The number of alkyl halides is 6. The van der Waals surface area contributed by atoms with E-state index in [-0.39, 0.29) is 19.8 Å². The normalized spacial score (nSPS) is 21.8. The van der Waals surface area contributed by atoms with Crippen molar-refractivity contribution in [2.75, 3.05) is 24.6 Å². The highest BCUT2D eigenvalue weighted by atomic mass is 19.4. The van der Waals surface area contributed by atoms with Crippen molar-refractivity contribution in [3.8, 4) is 0 Å². The van der Waals surface area contributed by atoms with Crippen molar-refractivity contribution in [3.05, 3.63) is 35.5 Å². The van der Waals surface area contributed by atoms with Gasteiger partial charge in [0.05, 0.1) is 50.1 Å². The van der Waals surface area contributed by atoms with Gasteiger partial charge in [0.15, 0.2) is 11.6 Å². The van der Waals surface area contributed by atoms with Gasteiger partial charge in [-0.05, 0) is 13.0 Å². The Hall–Kier alpha value is -2.98. The van der Waals surface area contributed by atoms with Gasteiger partial charge in [-0.2, -0.15) is 31.4 Å². The molecule has 3 atom stereocenters. The smallest absolute Gasteiger partial charge is 0.373 e. The van der Waals surface area contributed by atoms with Crippen LogP contribution in [0.3, 0.4) is 0 Å². The van der Waals surface area contributed by atoms with Crippen LogP contribution in [0.5, 0.6) is 0 Å². The predicted octanol–water partition coefficient (Wildman–Crippen LogP) is 1.39. The lowest BCUT2D eigenvalue weighted by Gasteiger charge is -2.35. The quantitative estimate of drug-likeness (QED) is 0.469. The van der Waals surface area contributed by atoms with Crippen LogP contribution in [-0.2, 0) is 35.4 Å². The number of nitrogens with one attached hydrogen (secondary N) is 3. The third kappa shape index (κ3) is 6.04. The summed E-state index contributed by atoms with van der Waals surface area (Å²) in [7, 11) is 0. The van der Waals surface area contributed by atoms with Crippen LogP contribution < -0.4 is 21.1 Å².